The molecular weight excluding hydrogens is 360 g/mol. The average Bonchev–Trinajstić information content (AvgIpc) is 2.65. The van der Waals surface area contributed by atoms with Gasteiger partial charge in [0.25, 0.3) is 0 Å². The van der Waals surface area contributed by atoms with Crippen LogP contribution in [0.2, 0.25) is 0 Å². The van der Waals surface area contributed by atoms with Crippen LogP contribution >= 0.6 is 0 Å². The van der Waals surface area contributed by atoms with E-state index in [1.807, 2.05) is 19.2 Å². The van der Waals surface area contributed by atoms with Gasteiger partial charge in [0.1, 0.15) is 0 Å². The Hall–Kier alpha value is -1.40. The number of piperidine rings is 1. The lowest BCUT2D eigenvalue weighted by Gasteiger charge is -2.32. The number of hydrogen-bond donors (Lipinski definition) is 0. The van der Waals surface area contributed by atoms with Crippen molar-refractivity contribution in [3.05, 3.63) is 29.8 Å². The quantitative estimate of drug-likeness (QED) is 0.740. The molecule has 0 aromatic heterocycles. The first kappa shape index (κ1) is 21.9. The Morgan fingerprint density at radius 3 is 2.19 bits per heavy atom. The minimum absolute atomic E-state index is 0.00913. The van der Waals surface area contributed by atoms with Crippen LogP contribution in [0.4, 0.5) is 0 Å². The van der Waals surface area contributed by atoms with E-state index in [1.54, 1.807) is 17.0 Å². The maximum Gasteiger partial charge on any atom is 0.243 e. The molecule has 0 aliphatic carbocycles. The summed E-state index contributed by atoms with van der Waals surface area (Å²) >= 11 is 0. The van der Waals surface area contributed by atoms with Gasteiger partial charge in [0.2, 0.25) is 15.9 Å². The van der Waals surface area contributed by atoms with Crippen LogP contribution in [0.1, 0.15) is 58.9 Å². The van der Waals surface area contributed by atoms with Crippen LogP contribution in [0.25, 0.3) is 0 Å². The average molecular weight is 395 g/mol. The molecule has 1 aliphatic heterocycles. The predicted molar refractivity (Wildman–Crippen MR) is 109 cm³/mol. The molecule has 1 amide bonds. The van der Waals surface area contributed by atoms with Crippen LogP contribution in [0.15, 0.2) is 29.2 Å². The smallest absolute Gasteiger partial charge is 0.243 e. The van der Waals surface area contributed by atoms with E-state index in [9.17, 15) is 13.2 Å². The van der Waals surface area contributed by atoms with Crippen LogP contribution in [-0.2, 0) is 20.2 Å². The van der Waals surface area contributed by atoms with Crippen molar-refractivity contribution >= 4 is 15.9 Å². The molecule has 1 aromatic rings. The zero-order valence-electron chi connectivity index (χ0n) is 17.4. The van der Waals surface area contributed by atoms with Crippen LogP contribution in [0, 0.1) is 5.92 Å². The number of hydrogen-bond acceptors (Lipinski definition) is 3. The van der Waals surface area contributed by atoms with Crippen LogP contribution in [0.3, 0.4) is 0 Å². The highest BCUT2D eigenvalue weighted by atomic mass is 32.2. The minimum Gasteiger partial charge on any atom is -0.346 e. The fraction of sp³-hybridized carbons (Fsp3) is 0.667. The maximum absolute atomic E-state index is 12.9. The second kappa shape index (κ2) is 8.74. The lowest BCUT2D eigenvalue weighted by Crippen LogP contribution is -2.43. The van der Waals surface area contributed by atoms with Crippen molar-refractivity contribution in [2.45, 2.75) is 63.7 Å². The summed E-state index contributed by atoms with van der Waals surface area (Å²) in [4.78, 5) is 14.6. The minimum atomic E-state index is -3.50. The van der Waals surface area contributed by atoms with Crippen molar-refractivity contribution in [3.8, 4) is 0 Å². The van der Waals surface area contributed by atoms with Crippen molar-refractivity contribution < 1.29 is 13.2 Å². The molecule has 27 heavy (non-hydrogen) atoms. The Morgan fingerprint density at radius 2 is 1.70 bits per heavy atom. The number of rotatable bonds is 6. The molecule has 2 rings (SSSR count). The summed E-state index contributed by atoms with van der Waals surface area (Å²) < 4.78 is 27.4. The van der Waals surface area contributed by atoms with E-state index in [0.29, 0.717) is 30.8 Å². The Balaban J connectivity index is 2.01. The van der Waals surface area contributed by atoms with Crippen LogP contribution in [0.5, 0.6) is 0 Å². The summed E-state index contributed by atoms with van der Waals surface area (Å²) in [5.41, 5.74) is 1.10. The lowest BCUT2D eigenvalue weighted by atomic mass is 9.87. The molecule has 0 saturated carbocycles. The highest BCUT2D eigenvalue weighted by Gasteiger charge is 2.33. The van der Waals surface area contributed by atoms with E-state index in [0.717, 1.165) is 24.9 Å². The zero-order valence-corrected chi connectivity index (χ0v) is 18.2. The van der Waals surface area contributed by atoms with E-state index in [1.165, 1.54) is 4.31 Å². The first-order valence-corrected chi connectivity index (χ1v) is 11.4. The Bertz CT molecular complexity index is 728. The molecule has 6 heteroatoms. The van der Waals surface area contributed by atoms with E-state index >= 15 is 0 Å². The number of carbonyl (C=O) groups excluding carboxylic acids is 1. The molecule has 0 N–H and O–H groups in total. The first-order valence-electron chi connectivity index (χ1n) is 9.93. The van der Waals surface area contributed by atoms with Gasteiger partial charge < -0.3 is 4.90 Å². The summed E-state index contributed by atoms with van der Waals surface area (Å²) in [5.74, 6) is 0.0802. The number of amides is 1. The Kier molecular flexibility index (Phi) is 7.09. The van der Waals surface area contributed by atoms with Gasteiger partial charge in [0.15, 0.2) is 0 Å². The van der Waals surface area contributed by atoms with E-state index in [-0.39, 0.29) is 17.2 Å². The maximum atomic E-state index is 12.9. The molecule has 1 aliphatic rings. The molecule has 1 aromatic carbocycles. The monoisotopic (exact) mass is 394 g/mol. The number of benzene rings is 1. The predicted octanol–water partition coefficient (Wildman–Crippen LogP) is 3.64. The number of nitrogens with zero attached hydrogens (tertiary/aromatic N) is 2. The summed E-state index contributed by atoms with van der Waals surface area (Å²) in [6.45, 7) is 10.0. The topological polar surface area (TPSA) is 57.7 Å². The summed E-state index contributed by atoms with van der Waals surface area (Å²) in [6.07, 6.45) is 3.24. The van der Waals surface area contributed by atoms with Gasteiger partial charge in [-0.05, 0) is 42.4 Å². The highest BCUT2D eigenvalue weighted by molar-refractivity contribution is 7.89. The third-order valence-corrected chi connectivity index (χ3v) is 7.30. The van der Waals surface area contributed by atoms with Crippen molar-refractivity contribution in [1.82, 2.24) is 9.21 Å². The molecule has 152 valence electrons. The number of sulfonamides is 1. The Morgan fingerprint density at radius 1 is 1.15 bits per heavy atom. The van der Waals surface area contributed by atoms with Gasteiger partial charge >= 0.3 is 0 Å². The molecule has 0 bridgehead atoms. The standard InChI is InChI=1S/C21H34N2O3S/c1-6-7-14-22(5)20(24)17-12-15-23(16-13-17)27(25,26)19-10-8-18(9-11-19)21(2,3)4/h8-11,17H,6-7,12-16H2,1-5H3. The van der Waals surface area contributed by atoms with E-state index in [2.05, 4.69) is 27.7 Å². The molecule has 1 saturated heterocycles. The van der Waals surface area contributed by atoms with Gasteiger partial charge in [-0.25, -0.2) is 8.42 Å². The molecule has 0 spiro atoms. The van der Waals surface area contributed by atoms with Gasteiger partial charge in [-0.1, -0.05) is 46.2 Å². The molecule has 0 atom stereocenters. The summed E-state index contributed by atoms with van der Waals surface area (Å²) in [6, 6.07) is 7.19. The number of unbranched alkanes of at least 4 members (excludes halogenated alkanes) is 1. The fourth-order valence-corrected chi connectivity index (χ4v) is 4.91. The molecule has 0 radical (unpaired) electrons. The van der Waals surface area contributed by atoms with Gasteiger partial charge in [-0.2, -0.15) is 4.31 Å². The van der Waals surface area contributed by atoms with Gasteiger partial charge in [0.05, 0.1) is 4.90 Å². The second-order valence-electron chi connectivity index (χ2n) is 8.57. The normalized spacial score (nSPS) is 17.1. The second-order valence-corrected chi connectivity index (χ2v) is 10.5. The van der Waals surface area contributed by atoms with E-state index < -0.39 is 10.0 Å². The zero-order chi connectivity index (χ0) is 20.2. The third kappa shape index (κ3) is 5.32. The molecule has 1 fully saturated rings. The van der Waals surface area contributed by atoms with Crippen LogP contribution in [-0.4, -0.2) is 50.2 Å². The summed E-state index contributed by atoms with van der Waals surface area (Å²) in [7, 11) is -1.65. The fourth-order valence-electron chi connectivity index (χ4n) is 3.44. The van der Waals surface area contributed by atoms with Crippen molar-refractivity contribution in [3.63, 3.8) is 0 Å². The summed E-state index contributed by atoms with van der Waals surface area (Å²) in [5, 5.41) is 0. The molecule has 0 unspecified atom stereocenters. The van der Waals surface area contributed by atoms with Crippen molar-refractivity contribution in [2.75, 3.05) is 26.7 Å². The largest absolute Gasteiger partial charge is 0.346 e. The molecule has 1 heterocycles. The van der Waals surface area contributed by atoms with E-state index in [4.69, 9.17) is 0 Å². The molecular formula is C21H34N2O3S. The first-order chi connectivity index (χ1) is 12.6. The lowest BCUT2D eigenvalue weighted by molar-refractivity contribution is -0.135. The third-order valence-electron chi connectivity index (χ3n) is 5.38. The van der Waals surface area contributed by atoms with Gasteiger partial charge in [-0.3, -0.25) is 4.79 Å². The Labute approximate surface area is 164 Å². The van der Waals surface area contributed by atoms with Gasteiger partial charge in [-0.15, -0.1) is 0 Å². The van der Waals surface area contributed by atoms with Crippen LogP contribution < -0.4 is 0 Å². The van der Waals surface area contributed by atoms with Crippen molar-refractivity contribution in [1.29, 1.82) is 0 Å². The molecule has 5 nitrogen and oxygen atoms in total. The number of carbonyl (C=O) groups is 1. The van der Waals surface area contributed by atoms with Gasteiger partial charge in [0, 0.05) is 32.6 Å². The SMILES string of the molecule is CCCCN(C)C(=O)C1CCN(S(=O)(=O)c2ccc(C(C)(C)C)cc2)CC1. The highest BCUT2D eigenvalue weighted by Crippen LogP contribution is 2.27. The van der Waals surface area contributed by atoms with Crippen molar-refractivity contribution in [2.24, 2.45) is 5.92 Å².